The summed E-state index contributed by atoms with van der Waals surface area (Å²) >= 11 is 0. The van der Waals surface area contributed by atoms with Crippen LogP contribution in [0.4, 0.5) is 0 Å². The van der Waals surface area contributed by atoms with Crippen LogP contribution < -0.4 is 5.32 Å². The van der Waals surface area contributed by atoms with Crippen molar-refractivity contribution in [2.75, 3.05) is 13.2 Å². The van der Waals surface area contributed by atoms with Crippen molar-refractivity contribution in [2.45, 2.75) is 422 Å². The molecule has 0 saturated carbocycles. The number of hydrogen-bond donors (Lipinski definition) is 8. The highest BCUT2D eigenvalue weighted by molar-refractivity contribution is 5.80. The van der Waals surface area contributed by atoms with E-state index in [9.17, 15) is 40.5 Å². The van der Waals surface area contributed by atoms with Gasteiger partial charge in [0.2, 0.25) is 5.91 Å². The Hall–Kier alpha value is -1.41. The molecule has 9 unspecified atom stereocenters. The highest BCUT2D eigenvalue weighted by atomic mass is 16.7. The second-order valence-electron chi connectivity index (χ2n) is 26.0. The maximum Gasteiger partial charge on any atom is 0.249 e. The van der Waals surface area contributed by atoms with E-state index in [0.29, 0.717) is 19.3 Å². The largest absolute Gasteiger partial charge is 0.394 e. The topological polar surface area (TPSA) is 189 Å². The Morgan fingerprint density at radius 2 is 0.726 bits per heavy atom. The third kappa shape index (κ3) is 48.5. The maximum atomic E-state index is 13.3. The van der Waals surface area contributed by atoms with Crippen LogP contribution in [0.2, 0.25) is 0 Å². The molecule has 8 N–H and O–H groups in total. The van der Waals surface area contributed by atoms with Crippen LogP contribution in [-0.2, 0) is 14.3 Å². The third-order valence-electron chi connectivity index (χ3n) is 18.0. The molecule has 1 saturated heterocycles. The fraction of sp³-hybridized carbons (Fsp3) is 0.932. The zero-order valence-corrected chi connectivity index (χ0v) is 55.2. The summed E-state index contributed by atoms with van der Waals surface area (Å²) in [5, 5.41) is 76.6. The van der Waals surface area contributed by atoms with Gasteiger partial charge < -0.3 is 50.5 Å². The highest BCUT2D eigenvalue weighted by Gasteiger charge is 2.44. The number of aliphatic hydroxyl groups excluding tert-OH is 7. The summed E-state index contributed by atoms with van der Waals surface area (Å²) in [6.45, 7) is 3.52. The molecule has 1 heterocycles. The number of amides is 1. The second-order valence-corrected chi connectivity index (χ2v) is 26.0. The fourth-order valence-corrected chi connectivity index (χ4v) is 12.1. The lowest BCUT2D eigenvalue weighted by Crippen LogP contribution is -2.60. The van der Waals surface area contributed by atoms with Crippen LogP contribution in [0.1, 0.15) is 367 Å². The number of aliphatic hydroxyl groups is 7. The lowest BCUT2D eigenvalue weighted by Gasteiger charge is -2.40. The first-order valence-corrected chi connectivity index (χ1v) is 36.7. The van der Waals surface area contributed by atoms with Gasteiger partial charge in [-0.2, -0.15) is 0 Å². The third-order valence-corrected chi connectivity index (χ3v) is 18.0. The number of carbonyl (C=O) groups excluding carboxylic acids is 1. The van der Waals surface area contributed by atoms with E-state index in [2.05, 4.69) is 43.5 Å². The van der Waals surface area contributed by atoms with Gasteiger partial charge in [-0.25, -0.2) is 0 Å². The molecule has 0 bridgehead atoms. The number of carbonyl (C=O) groups is 1. The minimum Gasteiger partial charge on any atom is -0.394 e. The molecule has 0 aromatic carbocycles. The SMILES string of the molecule is CCCCCCCCCCC/C=C\C/C=C\CCCCCCCCCCCCCCC(O)C(=O)NC(COC1OC(CO)C(O)C(O)C1O)C(O)C(O)CCCCCCCCCCCCCCCCCCCCCCCCCCCCCCC. The minimum atomic E-state index is -1.66. The van der Waals surface area contributed by atoms with E-state index < -0.39 is 74.2 Å². The highest BCUT2D eigenvalue weighted by Crippen LogP contribution is 2.24. The predicted octanol–water partition coefficient (Wildman–Crippen LogP) is 18.0. The Balaban J connectivity index is 2.18. The van der Waals surface area contributed by atoms with Crippen molar-refractivity contribution < 1.29 is 50.0 Å². The maximum absolute atomic E-state index is 13.3. The molecule has 1 aliphatic heterocycles. The number of unbranched alkanes of at least 4 members (excludes halogenated alkanes) is 49. The molecule has 1 rings (SSSR count). The lowest BCUT2D eigenvalue weighted by atomic mass is 9.98. The number of nitrogens with one attached hydrogen (secondary N) is 1. The molecule has 0 aromatic rings. The molecule has 11 heteroatoms. The van der Waals surface area contributed by atoms with E-state index in [-0.39, 0.29) is 6.42 Å². The molecule has 498 valence electrons. The smallest absolute Gasteiger partial charge is 0.249 e. The van der Waals surface area contributed by atoms with Crippen molar-refractivity contribution in [2.24, 2.45) is 0 Å². The van der Waals surface area contributed by atoms with Crippen molar-refractivity contribution >= 4 is 5.91 Å². The van der Waals surface area contributed by atoms with Gasteiger partial charge >= 0.3 is 0 Å². The predicted molar refractivity (Wildman–Crippen MR) is 353 cm³/mol. The van der Waals surface area contributed by atoms with E-state index in [1.54, 1.807) is 0 Å². The summed E-state index contributed by atoms with van der Waals surface area (Å²) in [6, 6.07) is -1.17. The van der Waals surface area contributed by atoms with E-state index in [1.165, 1.54) is 283 Å². The zero-order chi connectivity index (χ0) is 61.0. The van der Waals surface area contributed by atoms with Gasteiger partial charge in [-0.15, -0.1) is 0 Å². The van der Waals surface area contributed by atoms with Crippen molar-refractivity contribution in [3.8, 4) is 0 Å². The summed E-state index contributed by atoms with van der Waals surface area (Å²) in [4.78, 5) is 13.3. The summed E-state index contributed by atoms with van der Waals surface area (Å²) in [5.74, 6) is -0.691. The van der Waals surface area contributed by atoms with Gasteiger partial charge in [0.05, 0.1) is 25.4 Å². The summed E-state index contributed by atoms with van der Waals surface area (Å²) in [5.41, 5.74) is 0. The first kappa shape index (κ1) is 80.6. The fourth-order valence-electron chi connectivity index (χ4n) is 12.1. The monoisotopic (exact) mass is 1190 g/mol. The van der Waals surface area contributed by atoms with E-state index >= 15 is 0 Å². The summed E-state index contributed by atoms with van der Waals surface area (Å²) in [6.07, 6.45) is 66.9. The summed E-state index contributed by atoms with van der Waals surface area (Å²) < 4.78 is 11.2. The number of rotatable bonds is 65. The van der Waals surface area contributed by atoms with Crippen molar-refractivity contribution in [3.05, 3.63) is 24.3 Å². The molecule has 1 amide bonds. The normalized spacial score (nSPS) is 19.0. The van der Waals surface area contributed by atoms with Crippen LogP contribution in [0.25, 0.3) is 0 Å². The van der Waals surface area contributed by atoms with Gasteiger partial charge in [-0.1, -0.05) is 346 Å². The second kappa shape index (κ2) is 61.8. The van der Waals surface area contributed by atoms with E-state index in [4.69, 9.17) is 9.47 Å². The molecule has 84 heavy (non-hydrogen) atoms. The number of allylic oxidation sites excluding steroid dienone is 4. The van der Waals surface area contributed by atoms with Crippen molar-refractivity contribution in [1.29, 1.82) is 0 Å². The van der Waals surface area contributed by atoms with Crippen molar-refractivity contribution in [3.63, 3.8) is 0 Å². The Bertz CT molecular complexity index is 1420. The first-order valence-electron chi connectivity index (χ1n) is 36.7. The zero-order valence-electron chi connectivity index (χ0n) is 55.2. The van der Waals surface area contributed by atoms with Crippen LogP contribution in [0.5, 0.6) is 0 Å². The molecule has 9 atom stereocenters. The van der Waals surface area contributed by atoms with Gasteiger partial charge in [0.15, 0.2) is 6.29 Å². The lowest BCUT2D eigenvalue weighted by molar-refractivity contribution is -0.303. The van der Waals surface area contributed by atoms with Gasteiger partial charge in [0.25, 0.3) is 0 Å². The first-order chi connectivity index (χ1) is 41.2. The number of hydrogen-bond acceptors (Lipinski definition) is 10. The molecular formula is C73H141NO10. The Kier molecular flexibility index (Phi) is 59.3. The van der Waals surface area contributed by atoms with Crippen LogP contribution in [-0.4, -0.2) is 110 Å². The minimum absolute atomic E-state index is 0.261. The molecule has 1 aliphatic rings. The summed E-state index contributed by atoms with van der Waals surface area (Å²) in [7, 11) is 0. The van der Waals surface area contributed by atoms with E-state index in [0.717, 1.165) is 44.9 Å². The average molecular weight is 1190 g/mol. The Labute approximate surface area is 518 Å². The Morgan fingerprint density at radius 1 is 0.417 bits per heavy atom. The standard InChI is InChI=1S/C73H141NO10/c1-3-5-7-9-11-13-15-17-19-21-23-25-27-29-31-33-35-36-38-40-42-44-46-48-50-52-54-56-58-60-65(76)68(78)64(63-83-73-71(81)70(80)69(79)67(62-75)84-73)74-72(82)66(77)61-59-57-55-53-51-49-47-45-43-41-39-37-34-32-30-28-26-24-22-20-18-16-14-12-10-8-6-4-2/h24,26,30,32,64-71,73,75-81H,3-23,25,27-29,31,33-63H2,1-2H3,(H,74,82)/b26-24-,32-30-. The average Bonchev–Trinajstić information content (AvgIpc) is 3.66. The molecule has 1 fully saturated rings. The van der Waals surface area contributed by atoms with Crippen LogP contribution in [0.3, 0.4) is 0 Å². The molecular weight excluding hydrogens is 1050 g/mol. The van der Waals surface area contributed by atoms with Gasteiger partial charge in [0, 0.05) is 0 Å². The van der Waals surface area contributed by atoms with Gasteiger partial charge in [-0.05, 0) is 44.9 Å². The van der Waals surface area contributed by atoms with E-state index in [1.807, 2.05) is 0 Å². The molecule has 0 aromatic heterocycles. The number of ether oxygens (including phenoxy) is 2. The van der Waals surface area contributed by atoms with Crippen molar-refractivity contribution in [1.82, 2.24) is 5.32 Å². The van der Waals surface area contributed by atoms with Gasteiger partial charge in [0.1, 0.15) is 36.6 Å². The van der Waals surface area contributed by atoms with Crippen LogP contribution in [0.15, 0.2) is 24.3 Å². The Morgan fingerprint density at radius 3 is 1.06 bits per heavy atom. The quantitative estimate of drug-likeness (QED) is 0.0215. The molecule has 0 radical (unpaired) electrons. The van der Waals surface area contributed by atoms with Crippen LogP contribution in [0, 0.1) is 0 Å². The molecule has 0 aliphatic carbocycles. The van der Waals surface area contributed by atoms with Gasteiger partial charge in [-0.3, -0.25) is 4.79 Å². The molecule has 0 spiro atoms. The molecule has 11 nitrogen and oxygen atoms in total. The van der Waals surface area contributed by atoms with Crippen LogP contribution >= 0.6 is 0 Å².